The van der Waals surface area contributed by atoms with Crippen LogP contribution in [0.5, 0.6) is 0 Å². The molecule has 1 heterocycles. The number of urea groups is 1. The number of aliphatic hydroxyl groups excluding tert-OH is 1. The molecule has 0 spiro atoms. The molecule has 1 aromatic rings. The van der Waals surface area contributed by atoms with E-state index in [1.54, 1.807) is 4.90 Å². The Kier molecular flexibility index (Phi) is 5.52. The molecule has 0 atom stereocenters. The van der Waals surface area contributed by atoms with Crippen molar-refractivity contribution >= 4 is 17.4 Å². The summed E-state index contributed by atoms with van der Waals surface area (Å²) < 4.78 is 0. The molecule has 1 aliphatic rings. The molecule has 0 bridgehead atoms. The van der Waals surface area contributed by atoms with Gasteiger partial charge in [0.2, 0.25) is 0 Å². The number of anilines is 2. The number of nitrogens with one attached hydrogen (secondary N) is 1. The Bertz CT molecular complexity index is 552. The summed E-state index contributed by atoms with van der Waals surface area (Å²) in [4.78, 5) is 16.6. The van der Waals surface area contributed by atoms with Crippen molar-refractivity contribution in [2.75, 3.05) is 43.5 Å². The van der Waals surface area contributed by atoms with Gasteiger partial charge in [0.05, 0.1) is 0 Å². The third-order valence-electron chi connectivity index (χ3n) is 4.00. The molecule has 5 heteroatoms. The van der Waals surface area contributed by atoms with Gasteiger partial charge in [-0.2, -0.15) is 0 Å². The van der Waals surface area contributed by atoms with E-state index in [4.69, 9.17) is 5.11 Å². The van der Waals surface area contributed by atoms with E-state index < -0.39 is 0 Å². The summed E-state index contributed by atoms with van der Waals surface area (Å²) in [6, 6.07) is 6.00. The molecule has 1 aromatic carbocycles. The number of fused-ring (bicyclic) bond motifs is 1. The lowest BCUT2D eigenvalue weighted by Gasteiger charge is -2.30. The van der Waals surface area contributed by atoms with Crippen LogP contribution < -0.4 is 10.2 Å². The molecule has 128 valence electrons. The van der Waals surface area contributed by atoms with Crippen molar-refractivity contribution in [3.63, 3.8) is 0 Å². The topological polar surface area (TPSA) is 55.8 Å². The highest BCUT2D eigenvalue weighted by Gasteiger charge is 2.22. The molecule has 0 unspecified atom stereocenters. The van der Waals surface area contributed by atoms with Crippen molar-refractivity contribution in [3.8, 4) is 0 Å². The van der Waals surface area contributed by atoms with Crippen LogP contribution in [-0.4, -0.2) is 49.3 Å². The van der Waals surface area contributed by atoms with Gasteiger partial charge < -0.3 is 20.2 Å². The van der Waals surface area contributed by atoms with Crippen LogP contribution in [0.1, 0.15) is 32.8 Å². The van der Waals surface area contributed by atoms with E-state index in [2.05, 4.69) is 44.1 Å². The van der Waals surface area contributed by atoms with Crippen molar-refractivity contribution in [2.24, 2.45) is 5.41 Å². The maximum Gasteiger partial charge on any atom is 0.321 e. The summed E-state index contributed by atoms with van der Waals surface area (Å²) in [7, 11) is 2.07. The van der Waals surface area contributed by atoms with E-state index in [0.717, 1.165) is 18.7 Å². The second-order valence-corrected chi connectivity index (χ2v) is 7.50. The second-order valence-electron chi connectivity index (χ2n) is 7.50. The van der Waals surface area contributed by atoms with E-state index in [-0.39, 0.29) is 18.1 Å². The van der Waals surface area contributed by atoms with Crippen molar-refractivity contribution in [3.05, 3.63) is 23.8 Å². The number of aliphatic hydroxyl groups is 1. The lowest BCUT2D eigenvalue weighted by molar-refractivity contribution is 0.176. The van der Waals surface area contributed by atoms with Crippen molar-refractivity contribution < 1.29 is 9.90 Å². The van der Waals surface area contributed by atoms with Crippen LogP contribution in [0.25, 0.3) is 0 Å². The summed E-state index contributed by atoms with van der Waals surface area (Å²) in [6.07, 6.45) is 1.66. The molecule has 2 rings (SSSR count). The van der Waals surface area contributed by atoms with Gasteiger partial charge in [-0.25, -0.2) is 4.79 Å². The Morgan fingerprint density at radius 3 is 2.78 bits per heavy atom. The molecule has 2 amide bonds. The minimum atomic E-state index is -0.103. The first kappa shape index (κ1) is 17.6. The van der Waals surface area contributed by atoms with Crippen LogP contribution in [-0.2, 0) is 6.42 Å². The van der Waals surface area contributed by atoms with Gasteiger partial charge in [0, 0.05) is 44.7 Å². The zero-order valence-corrected chi connectivity index (χ0v) is 14.7. The van der Waals surface area contributed by atoms with Crippen LogP contribution in [0.15, 0.2) is 18.2 Å². The lowest BCUT2D eigenvalue weighted by atomic mass is 9.96. The highest BCUT2D eigenvalue weighted by atomic mass is 16.3. The number of carbonyl (C=O) groups is 1. The average molecular weight is 319 g/mol. The first-order valence-corrected chi connectivity index (χ1v) is 8.31. The molecule has 23 heavy (non-hydrogen) atoms. The van der Waals surface area contributed by atoms with Crippen LogP contribution in [0.2, 0.25) is 0 Å². The molecular formula is C18H29N3O2. The van der Waals surface area contributed by atoms with Crippen LogP contribution in [0, 0.1) is 5.41 Å². The van der Waals surface area contributed by atoms with Crippen molar-refractivity contribution in [2.45, 2.75) is 33.6 Å². The first-order chi connectivity index (χ1) is 10.8. The fraction of sp³-hybridized carbons (Fsp3) is 0.611. The third kappa shape index (κ3) is 4.86. The van der Waals surface area contributed by atoms with E-state index >= 15 is 0 Å². The summed E-state index contributed by atoms with van der Waals surface area (Å²) in [5, 5.41) is 12.1. The molecule has 5 nitrogen and oxygen atoms in total. The normalized spacial score (nSPS) is 13.9. The predicted molar refractivity (Wildman–Crippen MR) is 95.2 cm³/mol. The third-order valence-corrected chi connectivity index (χ3v) is 4.00. The van der Waals surface area contributed by atoms with Gasteiger partial charge >= 0.3 is 6.03 Å². The number of hydrogen-bond donors (Lipinski definition) is 2. The highest BCUT2D eigenvalue weighted by Crippen LogP contribution is 2.29. The number of benzene rings is 1. The Balaban J connectivity index is 2.07. The van der Waals surface area contributed by atoms with Gasteiger partial charge in [0.1, 0.15) is 0 Å². The van der Waals surface area contributed by atoms with Gasteiger partial charge in [-0.3, -0.25) is 0 Å². The number of rotatable bonds is 5. The average Bonchev–Trinajstić information content (AvgIpc) is 2.83. The summed E-state index contributed by atoms with van der Waals surface area (Å²) in [5.74, 6) is 0. The molecular weight excluding hydrogens is 290 g/mol. The quantitative estimate of drug-likeness (QED) is 0.877. The SMILES string of the molecule is CN1CCc2ccc(NC(=O)N(CCCO)CC(C)(C)C)cc21. The Hall–Kier alpha value is -1.75. The van der Waals surface area contributed by atoms with Gasteiger partial charge in [-0.05, 0) is 36.0 Å². The summed E-state index contributed by atoms with van der Waals surface area (Å²) in [5.41, 5.74) is 3.37. The number of nitrogens with zero attached hydrogens (tertiary/aromatic N) is 2. The Labute approximate surface area is 139 Å². The molecule has 0 aliphatic carbocycles. The van der Waals surface area contributed by atoms with E-state index in [9.17, 15) is 4.79 Å². The van der Waals surface area contributed by atoms with Crippen molar-refractivity contribution in [1.82, 2.24) is 4.90 Å². The largest absolute Gasteiger partial charge is 0.396 e. The number of likely N-dealkylation sites (N-methyl/N-ethyl adjacent to an activating group) is 1. The molecule has 2 N–H and O–H groups in total. The Morgan fingerprint density at radius 2 is 2.13 bits per heavy atom. The maximum atomic E-state index is 12.6. The van der Waals surface area contributed by atoms with Gasteiger partial charge in [-0.1, -0.05) is 26.8 Å². The molecule has 0 radical (unpaired) electrons. The summed E-state index contributed by atoms with van der Waals surface area (Å²) in [6.45, 7) is 8.66. The molecule has 0 fully saturated rings. The van der Waals surface area contributed by atoms with Crippen LogP contribution in [0.3, 0.4) is 0 Å². The maximum absolute atomic E-state index is 12.6. The monoisotopic (exact) mass is 319 g/mol. The van der Waals surface area contributed by atoms with Gasteiger partial charge in [0.25, 0.3) is 0 Å². The molecule has 0 aromatic heterocycles. The molecule has 1 aliphatic heterocycles. The number of amides is 2. The summed E-state index contributed by atoms with van der Waals surface area (Å²) >= 11 is 0. The molecule has 0 saturated heterocycles. The Morgan fingerprint density at radius 1 is 1.39 bits per heavy atom. The fourth-order valence-corrected chi connectivity index (χ4v) is 2.91. The van der Waals surface area contributed by atoms with Crippen LogP contribution in [0.4, 0.5) is 16.2 Å². The molecule has 0 saturated carbocycles. The standard InChI is InChI=1S/C18H29N3O2/c1-18(2,3)13-21(9-5-11-22)17(23)19-15-7-6-14-8-10-20(4)16(14)12-15/h6-7,12,22H,5,8-11,13H2,1-4H3,(H,19,23). The zero-order valence-electron chi connectivity index (χ0n) is 14.7. The van der Waals surface area contributed by atoms with E-state index in [0.29, 0.717) is 19.5 Å². The minimum Gasteiger partial charge on any atom is -0.396 e. The minimum absolute atomic E-state index is 0.0188. The van der Waals surface area contributed by atoms with E-state index in [1.807, 2.05) is 12.1 Å². The smallest absolute Gasteiger partial charge is 0.321 e. The number of hydrogen-bond acceptors (Lipinski definition) is 3. The van der Waals surface area contributed by atoms with Crippen molar-refractivity contribution in [1.29, 1.82) is 0 Å². The first-order valence-electron chi connectivity index (χ1n) is 8.31. The zero-order chi connectivity index (χ0) is 17.0. The lowest BCUT2D eigenvalue weighted by Crippen LogP contribution is -2.41. The van der Waals surface area contributed by atoms with Gasteiger partial charge in [-0.15, -0.1) is 0 Å². The fourth-order valence-electron chi connectivity index (χ4n) is 2.91. The highest BCUT2D eigenvalue weighted by molar-refractivity contribution is 5.90. The van der Waals surface area contributed by atoms with Crippen LogP contribution >= 0.6 is 0 Å². The van der Waals surface area contributed by atoms with E-state index in [1.165, 1.54) is 11.3 Å². The number of carbonyl (C=O) groups excluding carboxylic acids is 1. The van der Waals surface area contributed by atoms with Gasteiger partial charge in [0.15, 0.2) is 0 Å². The second kappa shape index (κ2) is 7.21. The predicted octanol–water partition coefficient (Wildman–Crippen LogP) is 2.94.